The molecule has 1 aromatic carbocycles. The molecule has 1 saturated carbocycles. The third-order valence-corrected chi connectivity index (χ3v) is 6.71. The summed E-state index contributed by atoms with van der Waals surface area (Å²) in [7, 11) is 0. The van der Waals surface area contributed by atoms with Crippen LogP contribution in [-0.2, 0) is 9.59 Å². The molecule has 0 atom stereocenters. The van der Waals surface area contributed by atoms with Gasteiger partial charge in [-0.1, -0.05) is 12.1 Å². The number of nitrogens with one attached hydrogen (secondary N) is 2. The Balaban J connectivity index is 1.57. The van der Waals surface area contributed by atoms with E-state index in [2.05, 4.69) is 15.5 Å². The van der Waals surface area contributed by atoms with Crippen LogP contribution in [0.2, 0.25) is 0 Å². The zero-order valence-corrected chi connectivity index (χ0v) is 19.3. The summed E-state index contributed by atoms with van der Waals surface area (Å²) in [6.07, 6.45) is 2.31. The summed E-state index contributed by atoms with van der Waals surface area (Å²) in [6, 6.07) is 6.30. The van der Waals surface area contributed by atoms with Crippen LogP contribution < -0.4 is 16.4 Å². The zero-order chi connectivity index (χ0) is 22.7. The van der Waals surface area contributed by atoms with Gasteiger partial charge in [0.2, 0.25) is 11.8 Å². The van der Waals surface area contributed by atoms with Gasteiger partial charge in [-0.05, 0) is 63.3 Å². The predicted molar refractivity (Wildman–Crippen MR) is 125 cm³/mol. The van der Waals surface area contributed by atoms with Crippen molar-refractivity contribution in [2.75, 3.05) is 23.7 Å². The molecule has 4 N–H and O–H groups in total. The van der Waals surface area contributed by atoms with E-state index in [4.69, 9.17) is 5.73 Å². The topological polar surface area (TPSA) is 105 Å². The molecule has 3 rings (SSSR count). The van der Waals surface area contributed by atoms with Crippen LogP contribution in [0.5, 0.6) is 0 Å². The highest BCUT2D eigenvalue weighted by atomic mass is 32.1. The molecule has 3 amide bonds. The maximum atomic E-state index is 12.6. The Labute approximate surface area is 187 Å². The number of carbonyl (C=O) groups is 3. The second kappa shape index (κ2) is 9.62. The van der Waals surface area contributed by atoms with Gasteiger partial charge in [-0.3, -0.25) is 19.3 Å². The van der Waals surface area contributed by atoms with Gasteiger partial charge in [0, 0.05) is 29.6 Å². The number of thiophene rings is 1. The highest BCUT2D eigenvalue weighted by Crippen LogP contribution is 2.32. The Bertz CT molecular complexity index is 1010. The van der Waals surface area contributed by atoms with E-state index in [1.807, 2.05) is 45.9 Å². The molecule has 2 aromatic rings. The van der Waals surface area contributed by atoms with Crippen molar-refractivity contribution in [2.45, 2.75) is 53.0 Å². The first-order valence-corrected chi connectivity index (χ1v) is 11.3. The molecule has 0 saturated heterocycles. The van der Waals surface area contributed by atoms with E-state index < -0.39 is 5.91 Å². The van der Waals surface area contributed by atoms with E-state index in [0.29, 0.717) is 23.2 Å². The molecule has 1 aliphatic rings. The Hall–Kier alpha value is -2.71. The Morgan fingerprint density at radius 2 is 1.81 bits per heavy atom. The van der Waals surface area contributed by atoms with Crippen molar-refractivity contribution in [1.82, 2.24) is 4.90 Å². The van der Waals surface area contributed by atoms with Crippen LogP contribution in [0.4, 0.5) is 10.7 Å². The van der Waals surface area contributed by atoms with E-state index in [9.17, 15) is 14.4 Å². The SMILES string of the molecule is Cc1ccc(C)c(NC(=O)CN(CCC(=O)Nc2sc(C)c(C)c2C(N)=O)C2CC2)c1. The van der Waals surface area contributed by atoms with Crippen LogP contribution >= 0.6 is 11.3 Å². The first kappa shape index (κ1) is 23.0. The molecule has 0 radical (unpaired) electrons. The molecule has 8 heteroatoms. The van der Waals surface area contributed by atoms with Gasteiger partial charge in [0.1, 0.15) is 5.00 Å². The van der Waals surface area contributed by atoms with Crippen LogP contribution in [0.25, 0.3) is 0 Å². The second-order valence-corrected chi connectivity index (χ2v) is 9.44. The molecule has 0 unspecified atom stereocenters. The molecule has 1 aromatic heterocycles. The lowest BCUT2D eigenvalue weighted by Gasteiger charge is -2.21. The fourth-order valence-electron chi connectivity index (χ4n) is 3.52. The second-order valence-electron chi connectivity index (χ2n) is 8.22. The maximum absolute atomic E-state index is 12.6. The van der Waals surface area contributed by atoms with Crippen LogP contribution in [0.3, 0.4) is 0 Å². The maximum Gasteiger partial charge on any atom is 0.251 e. The highest BCUT2D eigenvalue weighted by Gasteiger charge is 2.30. The summed E-state index contributed by atoms with van der Waals surface area (Å²) in [5, 5.41) is 6.31. The number of primary amides is 1. The fraction of sp³-hybridized carbons (Fsp3) is 0.435. The van der Waals surface area contributed by atoms with Gasteiger partial charge in [0.05, 0.1) is 12.1 Å². The summed E-state index contributed by atoms with van der Waals surface area (Å²) in [4.78, 5) is 39.9. The summed E-state index contributed by atoms with van der Waals surface area (Å²) in [5.74, 6) is -0.814. The van der Waals surface area contributed by atoms with E-state index in [1.54, 1.807) is 0 Å². The third kappa shape index (κ3) is 5.92. The monoisotopic (exact) mass is 442 g/mol. The fourth-order valence-corrected chi connectivity index (χ4v) is 4.60. The molecule has 0 aliphatic heterocycles. The number of hydrogen-bond acceptors (Lipinski definition) is 5. The predicted octanol–water partition coefficient (Wildman–Crippen LogP) is 3.51. The summed E-state index contributed by atoms with van der Waals surface area (Å²) in [6.45, 7) is 8.40. The van der Waals surface area contributed by atoms with E-state index >= 15 is 0 Å². The third-order valence-electron chi connectivity index (χ3n) is 5.59. The lowest BCUT2D eigenvalue weighted by molar-refractivity contribution is -0.119. The average Bonchev–Trinajstić information content (AvgIpc) is 3.48. The molecule has 1 aliphatic carbocycles. The minimum Gasteiger partial charge on any atom is -0.365 e. The zero-order valence-electron chi connectivity index (χ0n) is 18.5. The average molecular weight is 443 g/mol. The van der Waals surface area contributed by atoms with Crippen molar-refractivity contribution in [3.8, 4) is 0 Å². The number of amides is 3. The molecule has 31 heavy (non-hydrogen) atoms. The minimum absolute atomic E-state index is 0.0819. The molecule has 0 spiro atoms. The van der Waals surface area contributed by atoms with Gasteiger partial charge in [-0.2, -0.15) is 0 Å². The molecule has 1 heterocycles. The molecule has 0 bridgehead atoms. The Morgan fingerprint density at radius 1 is 1.10 bits per heavy atom. The summed E-state index contributed by atoms with van der Waals surface area (Å²) < 4.78 is 0. The van der Waals surface area contributed by atoms with E-state index in [0.717, 1.165) is 40.1 Å². The van der Waals surface area contributed by atoms with Crippen LogP contribution in [-0.4, -0.2) is 41.8 Å². The molecular formula is C23H30N4O3S. The van der Waals surface area contributed by atoms with E-state index in [-0.39, 0.29) is 24.8 Å². The van der Waals surface area contributed by atoms with Crippen molar-refractivity contribution in [3.05, 3.63) is 45.3 Å². The summed E-state index contributed by atoms with van der Waals surface area (Å²) in [5.41, 5.74) is 9.58. The molecular weight excluding hydrogens is 412 g/mol. The van der Waals surface area contributed by atoms with Crippen molar-refractivity contribution in [2.24, 2.45) is 5.73 Å². The number of carbonyl (C=O) groups excluding carboxylic acids is 3. The van der Waals surface area contributed by atoms with E-state index in [1.165, 1.54) is 11.3 Å². The number of anilines is 2. The van der Waals surface area contributed by atoms with Gasteiger partial charge >= 0.3 is 0 Å². The lowest BCUT2D eigenvalue weighted by Crippen LogP contribution is -2.37. The van der Waals surface area contributed by atoms with Gasteiger partial charge in [0.15, 0.2) is 0 Å². The van der Waals surface area contributed by atoms with Crippen molar-refractivity contribution < 1.29 is 14.4 Å². The molecule has 1 fully saturated rings. The number of nitrogens with zero attached hydrogens (tertiary/aromatic N) is 1. The first-order valence-electron chi connectivity index (χ1n) is 10.5. The Morgan fingerprint density at radius 3 is 2.45 bits per heavy atom. The van der Waals surface area contributed by atoms with Gasteiger partial charge in [-0.25, -0.2) is 0 Å². The standard InChI is InChI=1S/C23H30N4O3S/c1-13-5-6-14(2)18(11-13)25-20(29)12-27(17-7-8-17)10-9-19(28)26-23-21(22(24)30)15(3)16(4)31-23/h5-6,11,17H,7-10,12H2,1-4H3,(H2,24,30)(H,25,29)(H,26,28). The smallest absolute Gasteiger partial charge is 0.251 e. The number of benzene rings is 1. The van der Waals surface area contributed by atoms with Crippen LogP contribution in [0.15, 0.2) is 18.2 Å². The quantitative estimate of drug-likeness (QED) is 0.553. The molecule has 166 valence electrons. The molecule has 7 nitrogen and oxygen atoms in total. The van der Waals surface area contributed by atoms with Crippen molar-refractivity contribution in [1.29, 1.82) is 0 Å². The number of aryl methyl sites for hydroxylation is 3. The Kier molecular flexibility index (Phi) is 7.12. The normalized spacial score (nSPS) is 13.3. The minimum atomic E-state index is -0.542. The van der Waals surface area contributed by atoms with Crippen LogP contribution in [0.1, 0.15) is 51.2 Å². The highest BCUT2D eigenvalue weighted by molar-refractivity contribution is 7.16. The van der Waals surface area contributed by atoms with Crippen molar-refractivity contribution >= 4 is 39.7 Å². The van der Waals surface area contributed by atoms with Gasteiger partial charge in [-0.15, -0.1) is 11.3 Å². The van der Waals surface area contributed by atoms with Gasteiger partial charge < -0.3 is 16.4 Å². The largest absolute Gasteiger partial charge is 0.365 e. The lowest BCUT2D eigenvalue weighted by atomic mass is 10.1. The first-order chi connectivity index (χ1) is 14.7. The van der Waals surface area contributed by atoms with Crippen molar-refractivity contribution in [3.63, 3.8) is 0 Å². The summed E-state index contributed by atoms with van der Waals surface area (Å²) >= 11 is 1.35. The van der Waals surface area contributed by atoms with Crippen LogP contribution in [0, 0.1) is 27.7 Å². The number of rotatable bonds is 9. The number of nitrogens with two attached hydrogens (primary N) is 1. The van der Waals surface area contributed by atoms with Gasteiger partial charge in [0.25, 0.3) is 5.91 Å². The number of hydrogen-bond donors (Lipinski definition) is 3.